The van der Waals surface area contributed by atoms with Crippen LogP contribution in [0.15, 0.2) is 36.5 Å². The summed E-state index contributed by atoms with van der Waals surface area (Å²) in [4.78, 5) is 30.0. The van der Waals surface area contributed by atoms with Crippen LogP contribution in [0.2, 0.25) is 0 Å². The molecule has 1 unspecified atom stereocenters. The fraction of sp³-hybridized carbons (Fsp3) is 0.375. The SMILES string of the molecule is C#Cc1ccc(CCCCOc2cccc3c2CN(C2CCC(=O)NC2=O)C3)cn1. The topological polar surface area (TPSA) is 71.5 Å². The van der Waals surface area contributed by atoms with Gasteiger partial charge in [-0.3, -0.25) is 19.8 Å². The van der Waals surface area contributed by atoms with Gasteiger partial charge in [-0.05, 0) is 48.9 Å². The number of rotatable bonds is 7. The van der Waals surface area contributed by atoms with E-state index in [9.17, 15) is 9.59 Å². The van der Waals surface area contributed by atoms with Crippen LogP contribution in [0, 0.1) is 12.3 Å². The van der Waals surface area contributed by atoms with Crippen LogP contribution in [0.3, 0.4) is 0 Å². The van der Waals surface area contributed by atoms with Crippen molar-refractivity contribution in [2.24, 2.45) is 0 Å². The van der Waals surface area contributed by atoms with Gasteiger partial charge < -0.3 is 4.74 Å². The number of fused-ring (bicyclic) bond motifs is 1. The Balaban J connectivity index is 1.28. The van der Waals surface area contributed by atoms with E-state index in [1.807, 2.05) is 30.5 Å². The smallest absolute Gasteiger partial charge is 0.243 e. The molecular weight excluding hydrogens is 378 g/mol. The maximum Gasteiger partial charge on any atom is 0.243 e. The lowest BCUT2D eigenvalue weighted by molar-refractivity contribution is -0.137. The Morgan fingerprint density at radius 3 is 2.87 bits per heavy atom. The highest BCUT2D eigenvalue weighted by Crippen LogP contribution is 2.33. The number of nitrogens with zero attached hydrogens (tertiary/aromatic N) is 2. The van der Waals surface area contributed by atoms with Crippen LogP contribution in [-0.2, 0) is 29.1 Å². The molecule has 0 radical (unpaired) electrons. The van der Waals surface area contributed by atoms with Gasteiger partial charge in [0.05, 0.1) is 12.6 Å². The highest BCUT2D eigenvalue weighted by molar-refractivity contribution is 6.00. The summed E-state index contributed by atoms with van der Waals surface area (Å²) in [5, 5.41) is 2.45. The molecule has 1 aromatic heterocycles. The lowest BCUT2D eigenvalue weighted by Gasteiger charge is -2.29. The lowest BCUT2D eigenvalue weighted by Crippen LogP contribution is -2.50. The zero-order valence-corrected chi connectivity index (χ0v) is 16.9. The van der Waals surface area contributed by atoms with Crippen LogP contribution in [0.25, 0.3) is 0 Å². The molecule has 30 heavy (non-hydrogen) atoms. The van der Waals surface area contributed by atoms with Crippen molar-refractivity contribution in [3.63, 3.8) is 0 Å². The molecule has 3 heterocycles. The van der Waals surface area contributed by atoms with Crippen LogP contribution < -0.4 is 10.1 Å². The molecule has 1 saturated heterocycles. The second-order valence-electron chi connectivity index (χ2n) is 7.77. The normalized spacial score (nSPS) is 18.6. The molecule has 1 N–H and O–H groups in total. The Hall–Kier alpha value is -3.17. The van der Waals surface area contributed by atoms with Crippen LogP contribution in [0.1, 0.15) is 48.1 Å². The first-order chi connectivity index (χ1) is 14.6. The van der Waals surface area contributed by atoms with Crippen molar-refractivity contribution in [1.82, 2.24) is 15.2 Å². The first-order valence-corrected chi connectivity index (χ1v) is 10.4. The third-order valence-corrected chi connectivity index (χ3v) is 5.71. The van der Waals surface area contributed by atoms with Crippen LogP contribution in [0.5, 0.6) is 5.75 Å². The first-order valence-electron chi connectivity index (χ1n) is 10.4. The van der Waals surface area contributed by atoms with Crippen molar-refractivity contribution in [1.29, 1.82) is 0 Å². The van der Waals surface area contributed by atoms with Gasteiger partial charge in [-0.2, -0.15) is 0 Å². The molecule has 1 atom stereocenters. The van der Waals surface area contributed by atoms with Gasteiger partial charge in [0.1, 0.15) is 11.4 Å². The minimum absolute atomic E-state index is 0.181. The van der Waals surface area contributed by atoms with Gasteiger partial charge in [0.15, 0.2) is 0 Å². The van der Waals surface area contributed by atoms with Crippen molar-refractivity contribution in [2.45, 2.75) is 51.2 Å². The number of pyridine rings is 1. The third-order valence-electron chi connectivity index (χ3n) is 5.71. The number of unbranched alkanes of at least 4 members (excludes halogenated alkanes) is 1. The van der Waals surface area contributed by atoms with Crippen molar-refractivity contribution in [2.75, 3.05) is 6.61 Å². The average Bonchev–Trinajstić information content (AvgIpc) is 3.18. The Morgan fingerprint density at radius 2 is 2.10 bits per heavy atom. The molecule has 0 spiro atoms. The molecule has 1 aromatic carbocycles. The summed E-state index contributed by atoms with van der Waals surface area (Å²) in [6, 6.07) is 9.72. The van der Waals surface area contributed by atoms with E-state index in [4.69, 9.17) is 11.2 Å². The molecule has 4 rings (SSSR count). The minimum atomic E-state index is -0.252. The standard InChI is InChI=1S/C24H25N3O3/c1-2-19-10-9-17(14-25-19)6-3-4-13-30-22-8-5-7-18-15-27(16-20(18)22)21-11-12-23(28)26-24(21)29/h1,5,7-10,14,21H,3-4,6,11-13,15-16H2,(H,26,28,29). The number of aromatic nitrogens is 1. The molecule has 0 saturated carbocycles. The van der Waals surface area contributed by atoms with E-state index in [0.29, 0.717) is 38.2 Å². The Morgan fingerprint density at radius 1 is 1.20 bits per heavy atom. The molecule has 0 bridgehead atoms. The van der Waals surface area contributed by atoms with Gasteiger partial charge >= 0.3 is 0 Å². The summed E-state index contributed by atoms with van der Waals surface area (Å²) in [5.41, 5.74) is 4.18. The van der Waals surface area contributed by atoms with E-state index in [1.165, 1.54) is 11.1 Å². The Bertz CT molecular complexity index is 978. The summed E-state index contributed by atoms with van der Waals surface area (Å²) in [5.74, 6) is 3.05. The molecule has 6 nitrogen and oxygen atoms in total. The lowest BCUT2D eigenvalue weighted by atomic mass is 10.0. The van der Waals surface area contributed by atoms with Crippen LogP contribution >= 0.6 is 0 Å². The highest BCUT2D eigenvalue weighted by atomic mass is 16.5. The van der Waals surface area contributed by atoms with E-state index < -0.39 is 0 Å². The van der Waals surface area contributed by atoms with Gasteiger partial charge in [-0.25, -0.2) is 4.98 Å². The van der Waals surface area contributed by atoms with Gasteiger partial charge in [-0.15, -0.1) is 6.42 Å². The zero-order valence-electron chi connectivity index (χ0n) is 16.9. The molecule has 1 fully saturated rings. The number of amides is 2. The number of hydrogen-bond acceptors (Lipinski definition) is 5. The fourth-order valence-electron chi connectivity index (χ4n) is 4.07. The molecule has 154 valence electrons. The predicted octanol–water partition coefficient (Wildman–Crippen LogP) is 2.59. The first kappa shape index (κ1) is 20.1. The number of imide groups is 1. The van der Waals surface area contributed by atoms with Crippen LogP contribution in [-0.4, -0.2) is 34.3 Å². The maximum atomic E-state index is 12.2. The van der Waals surface area contributed by atoms with E-state index in [0.717, 1.165) is 30.6 Å². The average molecular weight is 403 g/mol. The Labute approximate surface area is 176 Å². The zero-order chi connectivity index (χ0) is 20.9. The second kappa shape index (κ2) is 9.10. The van der Waals surface area contributed by atoms with E-state index in [1.54, 1.807) is 0 Å². The number of terminal acetylenes is 1. The number of aryl methyl sites for hydroxylation is 1. The fourth-order valence-corrected chi connectivity index (χ4v) is 4.07. The summed E-state index contributed by atoms with van der Waals surface area (Å²) in [7, 11) is 0. The second-order valence-corrected chi connectivity index (χ2v) is 7.77. The van der Waals surface area contributed by atoms with Gasteiger partial charge in [0, 0.05) is 31.3 Å². The largest absolute Gasteiger partial charge is 0.493 e. The van der Waals surface area contributed by atoms with E-state index in [-0.39, 0.29) is 17.9 Å². The summed E-state index contributed by atoms with van der Waals surface area (Å²) >= 11 is 0. The minimum Gasteiger partial charge on any atom is -0.493 e. The molecule has 2 aliphatic rings. The number of nitrogens with one attached hydrogen (secondary N) is 1. The molecule has 6 heteroatoms. The van der Waals surface area contributed by atoms with Crippen molar-refractivity contribution >= 4 is 11.8 Å². The molecule has 0 aliphatic carbocycles. The number of piperidine rings is 1. The summed E-state index contributed by atoms with van der Waals surface area (Å²) in [6.07, 6.45) is 11.0. The summed E-state index contributed by atoms with van der Waals surface area (Å²) < 4.78 is 6.08. The Kier molecular flexibility index (Phi) is 6.10. The van der Waals surface area contributed by atoms with Crippen molar-refractivity contribution in [3.8, 4) is 18.1 Å². The number of carbonyl (C=O) groups is 2. The maximum absolute atomic E-state index is 12.2. The predicted molar refractivity (Wildman–Crippen MR) is 112 cm³/mol. The number of ether oxygens (including phenoxy) is 1. The molecule has 2 aromatic rings. The molecule has 2 amide bonds. The number of carbonyl (C=O) groups excluding carboxylic acids is 2. The van der Waals surface area contributed by atoms with Gasteiger partial charge in [-0.1, -0.05) is 24.1 Å². The summed E-state index contributed by atoms with van der Waals surface area (Å²) in [6.45, 7) is 2.02. The van der Waals surface area contributed by atoms with E-state index in [2.05, 4.69) is 27.2 Å². The van der Waals surface area contributed by atoms with Gasteiger partial charge in [0.2, 0.25) is 11.8 Å². The van der Waals surface area contributed by atoms with Crippen LogP contribution in [0.4, 0.5) is 0 Å². The third kappa shape index (κ3) is 4.52. The highest BCUT2D eigenvalue weighted by Gasteiger charge is 2.35. The molecular formula is C24H25N3O3. The monoisotopic (exact) mass is 403 g/mol. The van der Waals surface area contributed by atoms with E-state index >= 15 is 0 Å². The van der Waals surface area contributed by atoms with Crippen molar-refractivity contribution in [3.05, 3.63) is 58.9 Å². The van der Waals surface area contributed by atoms with Gasteiger partial charge in [0.25, 0.3) is 0 Å². The van der Waals surface area contributed by atoms with Crippen molar-refractivity contribution < 1.29 is 14.3 Å². The molecule has 2 aliphatic heterocycles. The quantitative estimate of drug-likeness (QED) is 0.437. The number of hydrogen-bond donors (Lipinski definition) is 1. The number of benzene rings is 1.